The lowest BCUT2D eigenvalue weighted by atomic mass is 9.97. The second-order valence-corrected chi connectivity index (χ2v) is 4.76. The van der Waals surface area contributed by atoms with Crippen LogP contribution in [0.15, 0.2) is 42.5 Å². The van der Waals surface area contributed by atoms with Crippen LogP contribution in [0.25, 0.3) is 11.1 Å². The number of methoxy groups -OCH3 is 1. The van der Waals surface area contributed by atoms with Crippen LogP contribution in [-0.2, 0) is 10.1 Å². The van der Waals surface area contributed by atoms with E-state index < -0.39 is 0 Å². The molecular weight excluding hydrogens is 318 g/mol. The molecule has 0 radical (unpaired) electrons. The number of halogens is 1. The van der Waals surface area contributed by atoms with E-state index in [1.54, 1.807) is 18.2 Å². The molecule has 4 heteroatoms. The molecule has 0 spiro atoms. The van der Waals surface area contributed by atoms with Crippen LogP contribution in [0.4, 0.5) is 0 Å². The van der Waals surface area contributed by atoms with Crippen LogP contribution >= 0.6 is 15.9 Å². The normalized spacial score (nSPS) is 9.85. The summed E-state index contributed by atoms with van der Waals surface area (Å²) in [4.78, 5) is 11.7. The van der Waals surface area contributed by atoms with Crippen molar-refractivity contribution < 1.29 is 9.53 Å². The molecule has 0 saturated heterocycles. The molecule has 0 unspecified atom stereocenters. The van der Waals surface area contributed by atoms with Gasteiger partial charge < -0.3 is 4.74 Å². The zero-order chi connectivity index (χ0) is 14.5. The first kappa shape index (κ1) is 14.3. The molecule has 0 aliphatic rings. The van der Waals surface area contributed by atoms with Gasteiger partial charge in [0.15, 0.2) is 0 Å². The van der Waals surface area contributed by atoms with Gasteiger partial charge in [0, 0.05) is 5.33 Å². The Balaban J connectivity index is 2.62. The number of ether oxygens (including phenoxy) is 1. The summed E-state index contributed by atoms with van der Waals surface area (Å²) in [5.74, 6) is -0.386. The Labute approximate surface area is 125 Å². The van der Waals surface area contributed by atoms with Crippen molar-refractivity contribution in [1.82, 2.24) is 0 Å². The van der Waals surface area contributed by atoms with Gasteiger partial charge in [-0.1, -0.05) is 40.2 Å². The lowest BCUT2D eigenvalue weighted by Gasteiger charge is -2.09. The summed E-state index contributed by atoms with van der Waals surface area (Å²) >= 11 is 3.39. The molecule has 0 amide bonds. The molecule has 0 fully saturated rings. The minimum Gasteiger partial charge on any atom is -0.465 e. The Morgan fingerprint density at radius 2 is 2.05 bits per heavy atom. The van der Waals surface area contributed by atoms with E-state index in [1.807, 2.05) is 24.3 Å². The zero-order valence-corrected chi connectivity index (χ0v) is 12.5. The van der Waals surface area contributed by atoms with E-state index in [4.69, 9.17) is 4.74 Å². The second kappa shape index (κ2) is 6.36. The molecular formula is C16H12BrNO2. The van der Waals surface area contributed by atoms with E-state index >= 15 is 0 Å². The number of carbonyl (C=O) groups excluding carboxylic acids is 1. The van der Waals surface area contributed by atoms with Gasteiger partial charge in [0.05, 0.1) is 24.3 Å². The van der Waals surface area contributed by atoms with Crippen LogP contribution in [0.2, 0.25) is 0 Å². The first-order valence-corrected chi connectivity index (χ1v) is 7.09. The highest BCUT2D eigenvalue weighted by molar-refractivity contribution is 9.08. The molecule has 2 aromatic rings. The highest BCUT2D eigenvalue weighted by Crippen LogP contribution is 2.26. The lowest BCUT2D eigenvalue weighted by Crippen LogP contribution is -2.02. The Morgan fingerprint density at radius 1 is 1.30 bits per heavy atom. The minimum atomic E-state index is -0.386. The molecule has 2 aromatic carbocycles. The third kappa shape index (κ3) is 2.89. The van der Waals surface area contributed by atoms with E-state index in [9.17, 15) is 10.1 Å². The maximum atomic E-state index is 11.7. The fraction of sp³-hybridized carbons (Fsp3) is 0.125. The molecule has 2 rings (SSSR count). The van der Waals surface area contributed by atoms with E-state index in [1.165, 1.54) is 7.11 Å². The molecule has 0 saturated carbocycles. The fourth-order valence-electron chi connectivity index (χ4n) is 1.99. The largest absolute Gasteiger partial charge is 0.465 e. The number of hydrogen-bond acceptors (Lipinski definition) is 3. The molecule has 0 N–H and O–H groups in total. The highest BCUT2D eigenvalue weighted by atomic mass is 79.9. The molecule has 0 aromatic heterocycles. The maximum Gasteiger partial charge on any atom is 0.337 e. The molecule has 3 nitrogen and oxygen atoms in total. The van der Waals surface area contributed by atoms with Gasteiger partial charge in [0.1, 0.15) is 0 Å². The first-order chi connectivity index (χ1) is 9.69. The van der Waals surface area contributed by atoms with Gasteiger partial charge >= 0.3 is 5.97 Å². The molecule has 20 heavy (non-hydrogen) atoms. The van der Waals surface area contributed by atoms with Crippen molar-refractivity contribution in [2.75, 3.05) is 7.11 Å². The summed E-state index contributed by atoms with van der Waals surface area (Å²) < 4.78 is 4.76. The van der Waals surface area contributed by atoms with Crippen LogP contribution in [0.5, 0.6) is 0 Å². The van der Waals surface area contributed by atoms with Gasteiger partial charge in [-0.15, -0.1) is 0 Å². The van der Waals surface area contributed by atoms with Crippen molar-refractivity contribution >= 4 is 21.9 Å². The molecule has 0 heterocycles. The number of esters is 1. The molecule has 100 valence electrons. The Kier molecular flexibility index (Phi) is 4.54. The third-order valence-electron chi connectivity index (χ3n) is 2.93. The Bertz CT molecular complexity index is 689. The van der Waals surface area contributed by atoms with E-state index in [-0.39, 0.29) is 5.97 Å². The summed E-state index contributed by atoms with van der Waals surface area (Å²) in [6.45, 7) is 0. The van der Waals surface area contributed by atoms with Gasteiger partial charge in [-0.25, -0.2) is 4.79 Å². The number of nitrogens with zero attached hydrogens (tertiary/aromatic N) is 1. The van der Waals surface area contributed by atoms with Crippen LogP contribution < -0.4 is 0 Å². The molecule has 0 aliphatic heterocycles. The van der Waals surface area contributed by atoms with Crippen LogP contribution in [0.3, 0.4) is 0 Å². The van der Waals surface area contributed by atoms with Crippen LogP contribution in [0.1, 0.15) is 21.5 Å². The maximum absolute atomic E-state index is 11.7. The summed E-state index contributed by atoms with van der Waals surface area (Å²) in [5, 5.41) is 9.80. The smallest absolute Gasteiger partial charge is 0.337 e. The number of benzene rings is 2. The predicted molar refractivity (Wildman–Crippen MR) is 80.6 cm³/mol. The number of nitriles is 1. The number of hydrogen-bond donors (Lipinski definition) is 0. The summed E-state index contributed by atoms with van der Waals surface area (Å²) in [6.07, 6.45) is 0. The van der Waals surface area contributed by atoms with E-state index in [0.29, 0.717) is 16.5 Å². The quantitative estimate of drug-likeness (QED) is 0.633. The van der Waals surface area contributed by atoms with Gasteiger partial charge in [0.25, 0.3) is 0 Å². The topological polar surface area (TPSA) is 50.1 Å². The van der Waals surface area contributed by atoms with Crippen molar-refractivity contribution in [2.45, 2.75) is 5.33 Å². The molecule has 0 aliphatic carbocycles. The monoisotopic (exact) mass is 329 g/mol. The summed E-state index contributed by atoms with van der Waals surface area (Å²) in [5.41, 5.74) is 3.65. The van der Waals surface area contributed by atoms with Crippen LogP contribution in [-0.4, -0.2) is 13.1 Å². The minimum absolute atomic E-state index is 0.386. The molecule has 0 bridgehead atoms. The van der Waals surface area contributed by atoms with Gasteiger partial charge in [0.2, 0.25) is 0 Å². The van der Waals surface area contributed by atoms with Gasteiger partial charge in [-0.05, 0) is 34.9 Å². The highest BCUT2D eigenvalue weighted by Gasteiger charge is 2.11. The average molecular weight is 330 g/mol. The predicted octanol–water partition coefficient (Wildman–Crippen LogP) is 3.91. The van der Waals surface area contributed by atoms with E-state index in [0.717, 1.165) is 16.7 Å². The number of rotatable bonds is 3. The standard InChI is InChI=1S/C16H12BrNO2/c1-20-16(19)14-7-11(9-17)6-13(8-14)15-5-3-2-4-12(15)10-18/h2-8H,9H2,1H3. The van der Waals surface area contributed by atoms with Crippen LogP contribution in [0, 0.1) is 11.3 Å². The summed E-state index contributed by atoms with van der Waals surface area (Å²) in [7, 11) is 1.35. The number of alkyl halides is 1. The van der Waals surface area contributed by atoms with Crippen molar-refractivity contribution in [1.29, 1.82) is 5.26 Å². The number of carbonyl (C=O) groups is 1. The fourth-order valence-corrected chi connectivity index (χ4v) is 2.32. The summed E-state index contributed by atoms with van der Waals surface area (Å²) in [6, 6.07) is 15.0. The lowest BCUT2D eigenvalue weighted by molar-refractivity contribution is 0.0600. The SMILES string of the molecule is COC(=O)c1cc(CBr)cc(-c2ccccc2C#N)c1. The van der Waals surface area contributed by atoms with Gasteiger partial charge in [-0.3, -0.25) is 0 Å². The van der Waals surface area contributed by atoms with Crippen molar-refractivity contribution in [3.8, 4) is 17.2 Å². The van der Waals surface area contributed by atoms with Crippen molar-refractivity contribution in [3.63, 3.8) is 0 Å². The van der Waals surface area contributed by atoms with Crippen molar-refractivity contribution in [2.24, 2.45) is 0 Å². The van der Waals surface area contributed by atoms with Gasteiger partial charge in [-0.2, -0.15) is 5.26 Å². The third-order valence-corrected chi connectivity index (χ3v) is 3.57. The Morgan fingerprint density at radius 3 is 2.70 bits per heavy atom. The van der Waals surface area contributed by atoms with Crippen molar-refractivity contribution in [3.05, 3.63) is 59.2 Å². The first-order valence-electron chi connectivity index (χ1n) is 5.97. The zero-order valence-electron chi connectivity index (χ0n) is 10.9. The van der Waals surface area contributed by atoms with E-state index in [2.05, 4.69) is 22.0 Å². The second-order valence-electron chi connectivity index (χ2n) is 4.20. The average Bonchev–Trinajstić information content (AvgIpc) is 2.53. The molecule has 0 atom stereocenters. The Hall–Kier alpha value is -2.12.